The molecule has 3 aromatic rings. The van der Waals surface area contributed by atoms with E-state index in [-0.39, 0.29) is 0 Å². The Morgan fingerprint density at radius 2 is 1.93 bits per heavy atom. The van der Waals surface area contributed by atoms with Crippen molar-refractivity contribution in [3.05, 3.63) is 46.9 Å². The zero-order chi connectivity index (χ0) is 10.3. The topological polar surface area (TPSA) is 58.6 Å². The Kier molecular flexibility index (Phi) is 1.56. The van der Waals surface area contributed by atoms with Crippen LogP contribution in [0.25, 0.3) is 21.8 Å². The van der Waals surface area contributed by atoms with Crippen LogP contribution in [-0.2, 0) is 0 Å². The molecule has 0 saturated heterocycles. The minimum Gasteiger partial charge on any atom is -0.244 e. The molecule has 0 saturated carbocycles. The van der Waals surface area contributed by atoms with Crippen LogP contribution >= 0.6 is 0 Å². The Morgan fingerprint density at radius 3 is 2.87 bits per heavy atom. The molecule has 1 aromatic heterocycles. The highest BCUT2D eigenvalue weighted by Crippen LogP contribution is 2.20. The van der Waals surface area contributed by atoms with Crippen molar-refractivity contribution < 1.29 is 0 Å². The molecule has 0 radical (unpaired) electrons. The second-order valence-corrected chi connectivity index (χ2v) is 3.29. The zero-order valence-corrected chi connectivity index (χ0v) is 7.77. The van der Waals surface area contributed by atoms with E-state index in [0.717, 1.165) is 10.8 Å². The van der Waals surface area contributed by atoms with Crippen LogP contribution < -0.4 is 5.69 Å². The van der Waals surface area contributed by atoms with Crippen LogP contribution in [-0.4, -0.2) is 15.2 Å². The van der Waals surface area contributed by atoms with Crippen LogP contribution in [0, 0.1) is 0 Å². The van der Waals surface area contributed by atoms with Crippen LogP contribution in [0.5, 0.6) is 0 Å². The Balaban J connectivity index is 2.63. The third-order valence-corrected chi connectivity index (χ3v) is 2.36. The van der Waals surface area contributed by atoms with Gasteiger partial charge in [-0.25, -0.2) is 9.89 Å². The van der Waals surface area contributed by atoms with Gasteiger partial charge in [0.25, 0.3) is 0 Å². The predicted octanol–water partition coefficient (Wildman–Crippen LogP) is 1.47. The number of nitrogens with one attached hydrogen (secondary N) is 1. The fraction of sp³-hybridized carbons (Fsp3) is 0. The number of rotatable bonds is 0. The van der Waals surface area contributed by atoms with Gasteiger partial charge in [-0.1, -0.05) is 30.3 Å². The minimum atomic E-state index is -0.418. The quantitative estimate of drug-likeness (QED) is 0.555. The summed E-state index contributed by atoms with van der Waals surface area (Å²) in [5, 5.41) is 8.27. The zero-order valence-electron chi connectivity index (χ0n) is 7.77. The number of aromatic nitrogens is 3. The summed E-state index contributed by atoms with van der Waals surface area (Å²) in [6, 6.07) is 11.6. The lowest BCUT2D eigenvalue weighted by molar-refractivity contribution is 0.964. The summed E-state index contributed by atoms with van der Waals surface area (Å²) in [6.07, 6.45) is 0. The highest BCUT2D eigenvalue weighted by atomic mass is 16.1. The van der Waals surface area contributed by atoms with Crippen molar-refractivity contribution in [3.63, 3.8) is 0 Å². The molecule has 0 unspecified atom stereocenters. The van der Waals surface area contributed by atoms with Crippen molar-refractivity contribution in [2.24, 2.45) is 0 Å². The van der Waals surface area contributed by atoms with Gasteiger partial charge in [0.2, 0.25) is 0 Å². The first-order valence-electron chi connectivity index (χ1n) is 4.59. The first-order chi connectivity index (χ1) is 7.34. The monoisotopic (exact) mass is 197 g/mol. The van der Waals surface area contributed by atoms with E-state index in [1.807, 2.05) is 36.4 Å². The van der Waals surface area contributed by atoms with Gasteiger partial charge in [0.15, 0.2) is 0 Å². The van der Waals surface area contributed by atoms with Crippen molar-refractivity contribution in [2.45, 2.75) is 0 Å². The van der Waals surface area contributed by atoms with Crippen LogP contribution in [0.3, 0.4) is 0 Å². The van der Waals surface area contributed by atoms with Crippen molar-refractivity contribution in [2.75, 3.05) is 0 Å². The van der Waals surface area contributed by atoms with E-state index in [2.05, 4.69) is 15.2 Å². The molecule has 0 bridgehead atoms. The van der Waals surface area contributed by atoms with E-state index in [1.165, 1.54) is 0 Å². The number of aromatic amines is 1. The maximum atomic E-state index is 11.1. The smallest absolute Gasteiger partial charge is 0.244 e. The van der Waals surface area contributed by atoms with E-state index in [9.17, 15) is 4.79 Å². The molecule has 0 aliphatic heterocycles. The summed E-state index contributed by atoms with van der Waals surface area (Å²) in [5.74, 6) is 0. The van der Waals surface area contributed by atoms with Gasteiger partial charge in [0.05, 0.1) is 0 Å². The van der Waals surface area contributed by atoms with Gasteiger partial charge in [-0.2, -0.15) is 10.1 Å². The average molecular weight is 197 g/mol. The predicted molar refractivity (Wildman–Crippen MR) is 57.7 cm³/mol. The summed E-state index contributed by atoms with van der Waals surface area (Å²) in [4.78, 5) is 15.0. The molecular weight excluding hydrogens is 190 g/mol. The summed E-state index contributed by atoms with van der Waals surface area (Å²) in [7, 11) is 0. The van der Waals surface area contributed by atoms with Gasteiger partial charge in [0, 0.05) is 5.39 Å². The third kappa shape index (κ3) is 1.19. The lowest BCUT2D eigenvalue weighted by Gasteiger charge is -1.99. The molecule has 0 aliphatic rings. The Morgan fingerprint density at radius 1 is 1.07 bits per heavy atom. The average Bonchev–Trinajstić information content (AvgIpc) is 2.29. The lowest BCUT2D eigenvalue weighted by atomic mass is 10.1. The van der Waals surface area contributed by atoms with Gasteiger partial charge in [-0.15, -0.1) is 0 Å². The molecule has 2 aromatic carbocycles. The first-order valence-corrected chi connectivity index (χ1v) is 4.59. The van der Waals surface area contributed by atoms with Crippen LogP contribution in [0.15, 0.2) is 41.2 Å². The van der Waals surface area contributed by atoms with Gasteiger partial charge < -0.3 is 0 Å². The molecule has 3 rings (SSSR count). The number of hydrogen-bond acceptors (Lipinski definition) is 3. The molecule has 0 fully saturated rings. The highest BCUT2D eigenvalue weighted by Gasteiger charge is 2.02. The molecule has 0 aliphatic carbocycles. The minimum absolute atomic E-state index is 0.418. The first kappa shape index (κ1) is 8.11. The molecule has 15 heavy (non-hydrogen) atoms. The Bertz CT molecular complexity index is 703. The second kappa shape index (κ2) is 2.88. The second-order valence-electron chi connectivity index (χ2n) is 3.29. The summed E-state index contributed by atoms with van der Waals surface area (Å²) in [5.41, 5.74) is 0.934. The van der Waals surface area contributed by atoms with E-state index in [4.69, 9.17) is 0 Å². The van der Waals surface area contributed by atoms with E-state index in [1.54, 1.807) is 0 Å². The van der Waals surface area contributed by atoms with E-state index < -0.39 is 5.69 Å². The van der Waals surface area contributed by atoms with E-state index >= 15 is 0 Å². The standard InChI is InChI=1S/C11H7N3O/c15-11-12-10-8-4-2-1-3-7(8)5-6-9(10)13-14-11/h1-6H,(H,12,14,15). The molecule has 0 amide bonds. The van der Waals surface area contributed by atoms with Gasteiger partial charge in [-0.3, -0.25) is 0 Å². The van der Waals surface area contributed by atoms with Crippen LogP contribution in [0.1, 0.15) is 0 Å². The van der Waals surface area contributed by atoms with Crippen molar-refractivity contribution in [1.29, 1.82) is 0 Å². The molecule has 0 atom stereocenters. The number of nitrogens with zero attached hydrogens (tertiary/aromatic N) is 2. The molecule has 72 valence electrons. The Labute approximate surface area is 84.6 Å². The van der Waals surface area contributed by atoms with Crippen molar-refractivity contribution in [3.8, 4) is 0 Å². The maximum absolute atomic E-state index is 11.1. The molecule has 1 N–H and O–H groups in total. The lowest BCUT2D eigenvalue weighted by Crippen LogP contribution is -2.11. The molecule has 4 heteroatoms. The number of H-pyrrole nitrogens is 1. The molecular formula is C11H7N3O. The fourth-order valence-electron chi connectivity index (χ4n) is 1.69. The third-order valence-electron chi connectivity index (χ3n) is 2.36. The molecule has 0 spiro atoms. The summed E-state index contributed by atoms with van der Waals surface area (Å²) in [6.45, 7) is 0. The van der Waals surface area contributed by atoms with E-state index in [0.29, 0.717) is 11.0 Å². The fourth-order valence-corrected chi connectivity index (χ4v) is 1.69. The van der Waals surface area contributed by atoms with Gasteiger partial charge in [-0.05, 0) is 11.5 Å². The largest absolute Gasteiger partial charge is 0.361 e. The summed E-state index contributed by atoms with van der Waals surface area (Å²) >= 11 is 0. The number of benzene rings is 2. The highest BCUT2D eigenvalue weighted by molar-refractivity contribution is 6.03. The molecule has 1 heterocycles. The SMILES string of the molecule is O=c1nc2c(ccc3ccccc32)n[nH]1. The van der Waals surface area contributed by atoms with Crippen LogP contribution in [0.4, 0.5) is 0 Å². The summed E-state index contributed by atoms with van der Waals surface area (Å²) < 4.78 is 0. The number of hydrogen-bond donors (Lipinski definition) is 1. The molecule has 4 nitrogen and oxygen atoms in total. The number of fused-ring (bicyclic) bond motifs is 3. The van der Waals surface area contributed by atoms with Gasteiger partial charge in [0.1, 0.15) is 11.0 Å². The van der Waals surface area contributed by atoms with Gasteiger partial charge >= 0.3 is 5.69 Å². The maximum Gasteiger partial charge on any atom is 0.361 e. The normalized spacial score (nSPS) is 10.9. The van der Waals surface area contributed by atoms with Crippen LogP contribution in [0.2, 0.25) is 0 Å². The van der Waals surface area contributed by atoms with Crippen molar-refractivity contribution in [1.82, 2.24) is 15.2 Å². The Hall–Kier alpha value is -2.23. The van der Waals surface area contributed by atoms with Crippen molar-refractivity contribution >= 4 is 21.8 Å².